The highest BCUT2D eigenvalue weighted by atomic mass is 16.5. The van der Waals surface area contributed by atoms with Gasteiger partial charge in [0.15, 0.2) is 0 Å². The Balaban J connectivity index is 1.35. The highest BCUT2D eigenvalue weighted by Crippen LogP contribution is 2.76. The molecule has 1 aromatic carbocycles. The lowest BCUT2D eigenvalue weighted by atomic mass is 9.33. The number of hydrogen-bond acceptors (Lipinski definition) is 3. The molecule has 1 unspecified atom stereocenters. The average Bonchev–Trinajstić information content (AvgIpc) is 3.29. The Bertz CT molecular complexity index is 1220. The second-order valence-corrected chi connectivity index (χ2v) is 16.2. The van der Waals surface area contributed by atoms with Crippen LogP contribution in [0.4, 0.5) is 0 Å². The molecule has 6 rings (SSSR count). The van der Waals surface area contributed by atoms with Gasteiger partial charge in [0.25, 0.3) is 0 Å². The zero-order valence-corrected chi connectivity index (χ0v) is 26.5. The fourth-order valence-corrected chi connectivity index (χ4v) is 12.2. The van der Waals surface area contributed by atoms with Gasteiger partial charge in [0, 0.05) is 12.0 Å². The van der Waals surface area contributed by atoms with Crippen molar-refractivity contribution in [1.29, 1.82) is 0 Å². The zero-order valence-electron chi connectivity index (χ0n) is 26.5. The van der Waals surface area contributed by atoms with E-state index in [2.05, 4.69) is 53.4 Å². The van der Waals surface area contributed by atoms with E-state index in [0.717, 1.165) is 44.1 Å². The molecule has 1 aromatic rings. The maximum atomic E-state index is 14.2. The number of fused-ring (bicyclic) bond motifs is 7. The maximum absolute atomic E-state index is 14.2. The van der Waals surface area contributed by atoms with Gasteiger partial charge in [0.05, 0.1) is 5.41 Å². The maximum Gasteiger partial charge on any atom is 0.312 e. The Morgan fingerprint density at radius 2 is 1.63 bits per heavy atom. The molecule has 1 saturated heterocycles. The van der Waals surface area contributed by atoms with Crippen LogP contribution < -0.4 is 5.32 Å². The van der Waals surface area contributed by atoms with E-state index in [4.69, 9.17) is 4.74 Å². The first kappa shape index (κ1) is 29.0. The SMILES string of the molecule is C=C(C)[C@@H]1CC[C@]2(C(=O)OCc3ccccc3)CC[C@]3(C)[C@H](CC[C@@H]4[C@@]5(C)CCC(=O)NC(C)(C)C5CC[C@]43C)[C@@H]12. The highest BCUT2D eigenvalue weighted by Gasteiger charge is 2.71. The van der Waals surface area contributed by atoms with Crippen molar-refractivity contribution >= 4 is 11.9 Å². The van der Waals surface area contributed by atoms with Gasteiger partial charge in [0.1, 0.15) is 6.61 Å². The summed E-state index contributed by atoms with van der Waals surface area (Å²) < 4.78 is 6.17. The molecule has 4 heteroatoms. The molecule has 1 amide bonds. The van der Waals surface area contributed by atoms with Crippen molar-refractivity contribution in [2.45, 2.75) is 118 Å². The van der Waals surface area contributed by atoms with Gasteiger partial charge in [-0.2, -0.15) is 0 Å². The summed E-state index contributed by atoms with van der Waals surface area (Å²) in [5.74, 6) is 2.52. The van der Waals surface area contributed by atoms with Crippen molar-refractivity contribution < 1.29 is 14.3 Å². The van der Waals surface area contributed by atoms with E-state index in [1.54, 1.807) is 0 Å². The second-order valence-electron chi connectivity index (χ2n) is 16.2. The van der Waals surface area contributed by atoms with Crippen LogP contribution in [-0.2, 0) is 20.9 Å². The van der Waals surface area contributed by atoms with Crippen molar-refractivity contribution in [2.24, 2.45) is 51.2 Å². The van der Waals surface area contributed by atoms with E-state index in [0.29, 0.717) is 42.6 Å². The molecule has 4 saturated carbocycles. The Labute approximate surface area is 248 Å². The smallest absolute Gasteiger partial charge is 0.312 e. The minimum atomic E-state index is -0.395. The van der Waals surface area contributed by atoms with Crippen LogP contribution in [-0.4, -0.2) is 17.4 Å². The molecule has 5 fully saturated rings. The summed E-state index contributed by atoms with van der Waals surface area (Å²) >= 11 is 0. The molecule has 1 heterocycles. The lowest BCUT2D eigenvalue weighted by Gasteiger charge is -2.71. The Morgan fingerprint density at radius 3 is 2.34 bits per heavy atom. The van der Waals surface area contributed by atoms with Gasteiger partial charge in [-0.15, -0.1) is 0 Å². The quantitative estimate of drug-likeness (QED) is 0.298. The fourth-order valence-electron chi connectivity index (χ4n) is 12.2. The van der Waals surface area contributed by atoms with Gasteiger partial charge in [-0.3, -0.25) is 9.59 Å². The van der Waals surface area contributed by atoms with Crippen LogP contribution in [0.3, 0.4) is 0 Å². The molecule has 0 radical (unpaired) electrons. The van der Waals surface area contributed by atoms with Crippen LogP contribution in [0, 0.1) is 51.2 Å². The topological polar surface area (TPSA) is 55.4 Å². The van der Waals surface area contributed by atoms with Crippen molar-refractivity contribution in [2.75, 3.05) is 0 Å². The van der Waals surface area contributed by atoms with Crippen molar-refractivity contribution in [3.05, 3.63) is 48.0 Å². The average molecular weight is 560 g/mol. The molecule has 9 atom stereocenters. The third kappa shape index (κ3) is 4.12. The molecule has 1 aliphatic heterocycles. The third-order valence-corrected chi connectivity index (χ3v) is 14.2. The van der Waals surface area contributed by atoms with Gasteiger partial charge in [-0.1, -0.05) is 63.3 Å². The number of nitrogens with one attached hydrogen (secondary N) is 1. The van der Waals surface area contributed by atoms with E-state index in [9.17, 15) is 9.59 Å². The normalized spacial score (nSPS) is 44.7. The number of carbonyl (C=O) groups is 2. The first-order valence-electron chi connectivity index (χ1n) is 16.5. The molecular weight excluding hydrogens is 506 g/mol. The van der Waals surface area contributed by atoms with Crippen molar-refractivity contribution in [3.63, 3.8) is 0 Å². The molecule has 0 aromatic heterocycles. The number of benzene rings is 1. The van der Waals surface area contributed by atoms with Crippen LogP contribution in [0.5, 0.6) is 0 Å². The first-order chi connectivity index (χ1) is 19.3. The summed E-state index contributed by atoms with van der Waals surface area (Å²) in [5.41, 5.74) is 2.21. The van der Waals surface area contributed by atoms with Crippen LogP contribution in [0.2, 0.25) is 0 Å². The van der Waals surface area contributed by atoms with Crippen molar-refractivity contribution in [1.82, 2.24) is 5.32 Å². The molecule has 4 aliphatic carbocycles. The monoisotopic (exact) mass is 559 g/mol. The number of carbonyl (C=O) groups excluding carboxylic acids is 2. The lowest BCUT2D eigenvalue weighted by molar-refractivity contribution is -0.227. The summed E-state index contributed by atoms with van der Waals surface area (Å²) in [6, 6.07) is 10.1. The third-order valence-electron chi connectivity index (χ3n) is 14.2. The van der Waals surface area contributed by atoms with Gasteiger partial charge < -0.3 is 10.1 Å². The summed E-state index contributed by atoms with van der Waals surface area (Å²) in [4.78, 5) is 27.0. The minimum absolute atomic E-state index is 0.0372. The van der Waals surface area contributed by atoms with E-state index in [1.165, 1.54) is 24.8 Å². The highest BCUT2D eigenvalue weighted by molar-refractivity contribution is 5.78. The number of amides is 1. The van der Waals surface area contributed by atoms with Gasteiger partial charge in [-0.05, 0) is 130 Å². The van der Waals surface area contributed by atoms with E-state index < -0.39 is 5.41 Å². The molecule has 0 spiro atoms. The predicted molar refractivity (Wildman–Crippen MR) is 164 cm³/mol. The predicted octanol–water partition coefficient (Wildman–Crippen LogP) is 8.26. The van der Waals surface area contributed by atoms with Gasteiger partial charge in [0.2, 0.25) is 5.91 Å². The Kier molecular flexibility index (Phi) is 6.87. The number of hydrogen-bond donors (Lipinski definition) is 1. The van der Waals surface area contributed by atoms with E-state index in [1.807, 2.05) is 30.3 Å². The number of esters is 1. The standard InChI is InChI=1S/C37H53NO3/c1-24(2)26-15-20-37(32(40)41-23-25-11-9-8-10-12-25)22-21-35(6)27(31(26)37)13-14-29-34(5)18-17-30(39)38-33(3,4)28(34)16-19-36(29,35)7/h8-12,26-29,31H,1,13-23H2,2-7H3,(H,38,39)/t26-,27+,28?,29+,31+,34-,35+,36+,37-/m0/s1. The van der Waals surface area contributed by atoms with E-state index >= 15 is 0 Å². The molecule has 41 heavy (non-hydrogen) atoms. The second kappa shape index (κ2) is 9.71. The van der Waals surface area contributed by atoms with Crippen LogP contribution in [0.15, 0.2) is 42.5 Å². The van der Waals surface area contributed by atoms with Gasteiger partial charge >= 0.3 is 5.97 Å². The number of rotatable bonds is 4. The summed E-state index contributed by atoms with van der Waals surface area (Å²) in [6.07, 6.45) is 10.4. The fraction of sp³-hybridized carbons (Fsp3) is 0.730. The van der Waals surface area contributed by atoms with E-state index in [-0.39, 0.29) is 33.7 Å². The van der Waals surface area contributed by atoms with Crippen LogP contribution in [0.1, 0.15) is 111 Å². The lowest BCUT2D eigenvalue weighted by Crippen LogP contribution is -2.66. The zero-order chi connectivity index (χ0) is 29.4. The molecule has 4 nitrogen and oxygen atoms in total. The Hall–Kier alpha value is -2.10. The summed E-state index contributed by atoms with van der Waals surface area (Å²) in [7, 11) is 0. The van der Waals surface area contributed by atoms with Crippen LogP contribution in [0.25, 0.3) is 0 Å². The molecular formula is C37H53NO3. The summed E-state index contributed by atoms with van der Waals surface area (Å²) in [6.45, 7) is 19.3. The van der Waals surface area contributed by atoms with Crippen LogP contribution >= 0.6 is 0 Å². The number of allylic oxidation sites excluding steroid dienone is 1. The molecule has 1 N–H and O–H groups in total. The number of ether oxygens (including phenoxy) is 1. The first-order valence-corrected chi connectivity index (χ1v) is 16.5. The Morgan fingerprint density at radius 1 is 0.902 bits per heavy atom. The summed E-state index contributed by atoms with van der Waals surface area (Å²) in [5, 5.41) is 3.41. The van der Waals surface area contributed by atoms with Crippen molar-refractivity contribution in [3.8, 4) is 0 Å². The largest absolute Gasteiger partial charge is 0.460 e. The molecule has 5 aliphatic rings. The molecule has 224 valence electrons. The minimum Gasteiger partial charge on any atom is -0.460 e. The molecule has 0 bridgehead atoms. The van der Waals surface area contributed by atoms with Gasteiger partial charge in [-0.25, -0.2) is 0 Å².